The number of carboxylic acid groups (broad SMARTS) is 1. The standard InChI is InChI=1S/C20H34N4O3/c1-14(2)9-20(19(26)27,10-15(3)4)7-5-6-8-24-13-23-18-17(24)16(25)11-21-12-22-18/h12-16,25H,5-11H2,1-4H3,(H,21,22)(H,26,27). The Morgan fingerprint density at radius 3 is 2.56 bits per heavy atom. The number of carbonyl (C=O) groups is 1. The van der Waals surface area contributed by atoms with Gasteiger partial charge in [-0.15, -0.1) is 0 Å². The summed E-state index contributed by atoms with van der Waals surface area (Å²) < 4.78 is 1.95. The predicted molar refractivity (Wildman–Crippen MR) is 107 cm³/mol. The molecule has 1 unspecified atom stereocenters. The Hall–Kier alpha value is -1.89. The fraction of sp³-hybridized carbons (Fsp3) is 0.750. The summed E-state index contributed by atoms with van der Waals surface area (Å²) in [5.74, 6) is 0.678. The van der Waals surface area contributed by atoms with Crippen LogP contribution in [0.5, 0.6) is 0 Å². The molecule has 1 atom stereocenters. The Bertz CT molecular complexity index is 642. The van der Waals surface area contributed by atoms with Gasteiger partial charge in [0.25, 0.3) is 0 Å². The van der Waals surface area contributed by atoms with Crippen LogP contribution in [-0.4, -0.2) is 38.6 Å². The average molecular weight is 379 g/mol. The number of rotatable bonds is 10. The van der Waals surface area contributed by atoms with Crippen molar-refractivity contribution in [1.29, 1.82) is 0 Å². The van der Waals surface area contributed by atoms with Crippen LogP contribution in [0, 0.1) is 17.3 Å². The number of carboxylic acids is 1. The van der Waals surface area contributed by atoms with E-state index in [-0.39, 0.29) is 0 Å². The number of aryl methyl sites for hydroxylation is 1. The van der Waals surface area contributed by atoms with E-state index < -0.39 is 17.5 Å². The molecule has 0 amide bonds. The largest absolute Gasteiger partial charge is 0.481 e. The number of aliphatic hydroxyl groups is 1. The number of imidazole rings is 1. The first kappa shape index (κ1) is 21.4. The number of aliphatic imine (C=N–C) groups is 1. The maximum absolute atomic E-state index is 12.1. The van der Waals surface area contributed by atoms with Crippen LogP contribution in [0.3, 0.4) is 0 Å². The van der Waals surface area contributed by atoms with E-state index >= 15 is 0 Å². The fourth-order valence-electron chi connectivity index (χ4n) is 4.25. The van der Waals surface area contributed by atoms with Crippen LogP contribution < -0.4 is 5.32 Å². The van der Waals surface area contributed by atoms with E-state index in [0.29, 0.717) is 50.0 Å². The van der Waals surface area contributed by atoms with Crippen LogP contribution in [-0.2, 0) is 11.3 Å². The lowest BCUT2D eigenvalue weighted by Crippen LogP contribution is -2.34. The second-order valence-electron chi connectivity index (χ2n) is 8.56. The Balaban J connectivity index is 1.99. The van der Waals surface area contributed by atoms with Gasteiger partial charge in [-0.1, -0.05) is 34.1 Å². The molecule has 7 heteroatoms. The molecular weight excluding hydrogens is 344 g/mol. The highest BCUT2D eigenvalue weighted by molar-refractivity contribution is 5.76. The molecule has 2 rings (SSSR count). The van der Waals surface area contributed by atoms with Crippen molar-refractivity contribution in [2.45, 2.75) is 72.4 Å². The Labute approximate surface area is 161 Å². The maximum atomic E-state index is 12.1. The van der Waals surface area contributed by atoms with E-state index in [0.717, 1.165) is 18.5 Å². The molecule has 27 heavy (non-hydrogen) atoms. The number of aliphatic carboxylic acids is 1. The van der Waals surface area contributed by atoms with Crippen LogP contribution >= 0.6 is 0 Å². The summed E-state index contributed by atoms with van der Waals surface area (Å²) >= 11 is 0. The Kier molecular flexibility index (Phi) is 7.41. The Morgan fingerprint density at radius 1 is 1.30 bits per heavy atom. The number of nitrogens with zero attached hydrogens (tertiary/aromatic N) is 3. The SMILES string of the molecule is CC(C)CC(CCCCn1cnc2c1C(O)CN=CN2)(CC(C)C)C(=O)O. The summed E-state index contributed by atoms with van der Waals surface area (Å²) in [6.45, 7) is 9.39. The summed E-state index contributed by atoms with van der Waals surface area (Å²) in [4.78, 5) is 20.5. The van der Waals surface area contributed by atoms with Gasteiger partial charge in [0.1, 0.15) is 6.10 Å². The van der Waals surface area contributed by atoms with Crippen molar-refractivity contribution in [1.82, 2.24) is 9.55 Å². The number of aromatic nitrogens is 2. The first-order valence-electron chi connectivity index (χ1n) is 9.96. The van der Waals surface area contributed by atoms with Crippen molar-refractivity contribution in [3.8, 4) is 0 Å². The van der Waals surface area contributed by atoms with Crippen molar-refractivity contribution in [2.24, 2.45) is 22.2 Å². The van der Waals surface area contributed by atoms with Crippen LogP contribution in [0.4, 0.5) is 5.82 Å². The lowest BCUT2D eigenvalue weighted by atomic mass is 9.71. The minimum atomic E-state index is -0.672. The molecule has 1 aliphatic heterocycles. The topological polar surface area (TPSA) is 99.7 Å². The predicted octanol–water partition coefficient (Wildman–Crippen LogP) is 3.70. The molecule has 0 saturated heterocycles. The van der Waals surface area contributed by atoms with Gasteiger partial charge in [0, 0.05) is 6.54 Å². The molecule has 2 heterocycles. The lowest BCUT2D eigenvalue weighted by molar-refractivity contribution is -0.152. The molecular formula is C20H34N4O3. The molecule has 1 aliphatic rings. The smallest absolute Gasteiger partial charge is 0.309 e. The summed E-state index contributed by atoms with van der Waals surface area (Å²) in [5.41, 5.74) is 0.102. The first-order valence-corrected chi connectivity index (χ1v) is 9.96. The number of nitrogens with one attached hydrogen (secondary N) is 1. The van der Waals surface area contributed by atoms with Gasteiger partial charge < -0.3 is 20.1 Å². The zero-order chi connectivity index (χ0) is 20.0. The molecule has 0 fully saturated rings. The van der Waals surface area contributed by atoms with Crippen molar-refractivity contribution < 1.29 is 15.0 Å². The summed E-state index contributed by atoms with van der Waals surface area (Å²) in [6, 6.07) is 0. The molecule has 152 valence electrons. The molecule has 1 aromatic heterocycles. The van der Waals surface area contributed by atoms with Crippen LogP contribution in [0.1, 0.15) is 71.6 Å². The summed E-state index contributed by atoms with van der Waals surface area (Å²) in [5, 5.41) is 23.2. The zero-order valence-corrected chi connectivity index (χ0v) is 17.0. The number of hydrogen-bond acceptors (Lipinski definition) is 5. The van der Waals surface area contributed by atoms with Crippen LogP contribution in [0.15, 0.2) is 11.3 Å². The van der Waals surface area contributed by atoms with E-state index in [9.17, 15) is 15.0 Å². The number of aliphatic hydroxyl groups excluding tert-OH is 1. The van der Waals surface area contributed by atoms with Crippen molar-refractivity contribution in [3.05, 3.63) is 12.0 Å². The van der Waals surface area contributed by atoms with Crippen molar-refractivity contribution in [3.63, 3.8) is 0 Å². The molecule has 0 bridgehead atoms. The van der Waals surface area contributed by atoms with E-state index in [1.807, 2.05) is 4.57 Å². The van der Waals surface area contributed by atoms with E-state index in [1.165, 1.54) is 0 Å². The Morgan fingerprint density at radius 2 is 1.96 bits per heavy atom. The minimum absolute atomic E-state index is 0.316. The summed E-state index contributed by atoms with van der Waals surface area (Å²) in [6.07, 6.45) is 6.40. The lowest BCUT2D eigenvalue weighted by Gasteiger charge is -2.33. The normalized spacial score (nSPS) is 17.1. The van der Waals surface area contributed by atoms with Gasteiger partial charge in [0.05, 0.1) is 30.3 Å². The second-order valence-corrected chi connectivity index (χ2v) is 8.56. The molecule has 0 saturated carbocycles. The highest BCUT2D eigenvalue weighted by Crippen LogP contribution is 2.39. The van der Waals surface area contributed by atoms with Gasteiger partial charge in [0.2, 0.25) is 0 Å². The van der Waals surface area contributed by atoms with Crippen LogP contribution in [0.25, 0.3) is 0 Å². The molecule has 0 aromatic carbocycles. The van der Waals surface area contributed by atoms with E-state index in [2.05, 4.69) is 43.0 Å². The zero-order valence-electron chi connectivity index (χ0n) is 17.0. The molecule has 0 aliphatic carbocycles. The number of unbranched alkanes of at least 4 members (excludes halogenated alkanes) is 1. The van der Waals surface area contributed by atoms with E-state index in [4.69, 9.17) is 0 Å². The first-order chi connectivity index (χ1) is 12.7. The van der Waals surface area contributed by atoms with Gasteiger partial charge in [-0.2, -0.15) is 0 Å². The van der Waals surface area contributed by atoms with Gasteiger partial charge >= 0.3 is 5.97 Å². The average Bonchev–Trinajstić information content (AvgIpc) is 2.87. The quantitative estimate of drug-likeness (QED) is 0.539. The second kappa shape index (κ2) is 9.35. The monoisotopic (exact) mass is 378 g/mol. The number of fused-ring (bicyclic) bond motifs is 1. The highest BCUT2D eigenvalue weighted by Gasteiger charge is 2.38. The molecule has 0 spiro atoms. The molecule has 0 radical (unpaired) electrons. The molecule has 7 nitrogen and oxygen atoms in total. The van der Waals surface area contributed by atoms with Gasteiger partial charge in [-0.25, -0.2) is 4.98 Å². The number of hydrogen-bond donors (Lipinski definition) is 3. The van der Waals surface area contributed by atoms with Crippen molar-refractivity contribution >= 4 is 18.1 Å². The molecule has 1 aromatic rings. The molecule has 3 N–H and O–H groups in total. The third kappa shape index (κ3) is 5.54. The number of anilines is 1. The van der Waals surface area contributed by atoms with Gasteiger partial charge in [0.15, 0.2) is 5.82 Å². The highest BCUT2D eigenvalue weighted by atomic mass is 16.4. The third-order valence-corrected chi connectivity index (χ3v) is 5.12. The summed E-state index contributed by atoms with van der Waals surface area (Å²) in [7, 11) is 0. The minimum Gasteiger partial charge on any atom is -0.481 e. The van der Waals surface area contributed by atoms with Gasteiger partial charge in [-0.05, 0) is 37.5 Å². The van der Waals surface area contributed by atoms with Crippen molar-refractivity contribution in [2.75, 3.05) is 11.9 Å². The van der Waals surface area contributed by atoms with Crippen LogP contribution in [0.2, 0.25) is 0 Å². The third-order valence-electron chi connectivity index (χ3n) is 5.12. The van der Waals surface area contributed by atoms with Gasteiger partial charge in [-0.3, -0.25) is 9.79 Å². The fourth-order valence-corrected chi connectivity index (χ4v) is 4.25. The van der Waals surface area contributed by atoms with E-state index in [1.54, 1.807) is 12.7 Å². The maximum Gasteiger partial charge on any atom is 0.309 e.